The van der Waals surface area contributed by atoms with Crippen molar-refractivity contribution < 1.29 is 46.9 Å². The molecule has 0 aliphatic carbocycles. The third-order valence-electron chi connectivity index (χ3n) is 8.43. The Bertz CT molecular complexity index is 1420. The van der Waals surface area contributed by atoms with Gasteiger partial charge in [-0.3, -0.25) is 4.79 Å². The van der Waals surface area contributed by atoms with E-state index in [9.17, 15) is 32.7 Å². The van der Waals surface area contributed by atoms with Gasteiger partial charge in [-0.25, -0.2) is 14.1 Å². The molecule has 4 rings (SSSR count). The molecule has 234 valence electrons. The zero-order valence-corrected chi connectivity index (χ0v) is 25.1. The second-order valence-corrected chi connectivity index (χ2v) is 12.3. The van der Waals surface area contributed by atoms with Crippen LogP contribution in [0.25, 0.3) is 0 Å². The lowest BCUT2D eigenvalue weighted by Gasteiger charge is -2.54. The Morgan fingerprint density at radius 1 is 1.12 bits per heavy atom. The first kappa shape index (κ1) is 32.4. The van der Waals surface area contributed by atoms with E-state index in [2.05, 4.69) is 5.32 Å². The average molecular weight is 608 g/mol. The monoisotopic (exact) mass is 607 g/mol. The van der Waals surface area contributed by atoms with Gasteiger partial charge in [0.25, 0.3) is 0 Å². The Labute approximate surface area is 248 Å². The van der Waals surface area contributed by atoms with Gasteiger partial charge < -0.3 is 24.6 Å². The number of rotatable bonds is 7. The van der Waals surface area contributed by atoms with Crippen LogP contribution in [-0.2, 0) is 25.3 Å². The van der Waals surface area contributed by atoms with E-state index in [0.717, 1.165) is 12.1 Å². The molecule has 0 radical (unpaired) electrons. The fourth-order valence-electron chi connectivity index (χ4n) is 6.84. The Hall–Kier alpha value is -3.48. The van der Waals surface area contributed by atoms with Gasteiger partial charge in [0.2, 0.25) is 5.54 Å². The van der Waals surface area contributed by atoms with Gasteiger partial charge in [0.15, 0.2) is 18.1 Å². The number of piperidine rings is 1. The highest BCUT2D eigenvalue weighted by Crippen LogP contribution is 2.52. The summed E-state index contributed by atoms with van der Waals surface area (Å²) in [4.78, 5) is 41.4. The molecule has 2 aromatic carbocycles. The number of quaternary nitrogens is 1. The van der Waals surface area contributed by atoms with Gasteiger partial charge >= 0.3 is 18.1 Å². The predicted molar refractivity (Wildman–Crippen MR) is 152 cm³/mol. The number of carbonyl (C=O) groups is 3. The van der Waals surface area contributed by atoms with Crippen LogP contribution in [0.3, 0.4) is 0 Å². The summed E-state index contributed by atoms with van der Waals surface area (Å²) in [5, 5.41) is 14.1. The highest BCUT2D eigenvalue weighted by Gasteiger charge is 2.70. The van der Waals surface area contributed by atoms with Crippen LogP contribution in [0.15, 0.2) is 36.4 Å². The number of methoxy groups -OCH3 is 2. The zero-order chi connectivity index (χ0) is 32.0. The first-order chi connectivity index (χ1) is 20.0. The molecule has 2 N–H and O–H groups in total. The van der Waals surface area contributed by atoms with Crippen LogP contribution in [0.1, 0.15) is 56.9 Å². The minimum atomic E-state index is -4.75. The maximum Gasteiger partial charge on any atom is 0.416 e. The molecule has 1 fully saturated rings. The standard InChI is InChI=1S/C31H37F3N2O7/c1-18(37)22-15-35-13-12-30(22,28(39)40)36(17-29(2,3)4)23-11-10-19(31(32,33)34)14-21(23)26(43-16-25(36)38)20-8-7-9-24(41-5)27(20)42-6/h7-11,14,22,26,35H,12-13,15-17H2,1-6H3/p+1/t22-,26?,30+,36+/m1/s1. The van der Waals surface area contributed by atoms with E-state index >= 15 is 0 Å². The predicted octanol–water partition coefficient (Wildman–Crippen LogP) is 4.74. The van der Waals surface area contributed by atoms with E-state index in [1.165, 1.54) is 27.2 Å². The van der Waals surface area contributed by atoms with E-state index < -0.39 is 63.5 Å². The quantitative estimate of drug-likeness (QED) is 0.435. The van der Waals surface area contributed by atoms with E-state index in [4.69, 9.17) is 14.2 Å². The van der Waals surface area contributed by atoms with Crippen LogP contribution in [-0.4, -0.2) is 68.8 Å². The first-order valence-corrected chi connectivity index (χ1v) is 14.0. The van der Waals surface area contributed by atoms with Crippen LogP contribution in [0.4, 0.5) is 18.9 Å². The molecular weight excluding hydrogens is 569 g/mol. The Kier molecular flexibility index (Phi) is 8.71. The van der Waals surface area contributed by atoms with Gasteiger partial charge in [0, 0.05) is 42.1 Å². The smallest absolute Gasteiger partial charge is 0.416 e. The highest BCUT2D eigenvalue weighted by molar-refractivity contribution is 6.02. The van der Waals surface area contributed by atoms with Gasteiger partial charge in [-0.05, 0) is 25.1 Å². The lowest BCUT2D eigenvalue weighted by Crippen LogP contribution is -2.80. The number of Topliss-reactive ketones (excluding diaryl/α,β-unsaturated/α-hetero) is 1. The van der Waals surface area contributed by atoms with Crippen LogP contribution >= 0.6 is 0 Å². The molecule has 0 saturated carbocycles. The molecule has 12 heteroatoms. The second-order valence-electron chi connectivity index (χ2n) is 12.3. The third-order valence-corrected chi connectivity index (χ3v) is 8.43. The Morgan fingerprint density at radius 3 is 2.37 bits per heavy atom. The minimum Gasteiger partial charge on any atom is -0.493 e. The van der Waals surface area contributed by atoms with E-state index in [-0.39, 0.29) is 43.1 Å². The number of halogens is 3. The molecule has 9 nitrogen and oxygen atoms in total. The van der Waals surface area contributed by atoms with Crippen LogP contribution < -0.4 is 19.3 Å². The number of benzene rings is 2. The average Bonchev–Trinajstić information content (AvgIpc) is 3.05. The fourth-order valence-corrected chi connectivity index (χ4v) is 6.84. The number of fused-ring (bicyclic) bond motifs is 1. The number of carboxylic acid groups (broad SMARTS) is 1. The second kappa shape index (κ2) is 11.5. The number of hydrogen-bond donors (Lipinski definition) is 2. The largest absolute Gasteiger partial charge is 0.493 e. The number of nitrogens with zero attached hydrogens (tertiary/aromatic N) is 1. The number of hydrogen-bond acceptors (Lipinski definition) is 7. The van der Waals surface area contributed by atoms with Gasteiger partial charge in [-0.15, -0.1) is 0 Å². The van der Waals surface area contributed by atoms with Crippen LogP contribution in [0.5, 0.6) is 11.5 Å². The number of alkyl halides is 3. The summed E-state index contributed by atoms with van der Waals surface area (Å²) >= 11 is 0. The number of ether oxygens (including phenoxy) is 3. The van der Waals surface area contributed by atoms with Gasteiger partial charge in [0.05, 0.1) is 32.2 Å². The number of para-hydroxylation sites is 1. The van der Waals surface area contributed by atoms with E-state index in [1.807, 2.05) is 20.8 Å². The molecule has 43 heavy (non-hydrogen) atoms. The molecule has 0 aromatic heterocycles. The van der Waals surface area contributed by atoms with Crippen molar-refractivity contribution in [1.29, 1.82) is 0 Å². The summed E-state index contributed by atoms with van der Waals surface area (Å²) in [5.74, 6) is -3.18. The molecule has 1 saturated heterocycles. The fraction of sp³-hybridized carbons (Fsp3) is 0.516. The Balaban J connectivity index is 2.20. The maximum atomic E-state index is 14.7. The highest BCUT2D eigenvalue weighted by atomic mass is 19.4. The summed E-state index contributed by atoms with van der Waals surface area (Å²) in [7, 11) is 2.79. The number of ketones is 1. The molecule has 2 aromatic rings. The van der Waals surface area contributed by atoms with Crippen molar-refractivity contribution in [3.63, 3.8) is 0 Å². The molecule has 4 atom stereocenters. The van der Waals surface area contributed by atoms with Crippen LogP contribution in [0.2, 0.25) is 0 Å². The number of carbonyl (C=O) groups excluding carboxylic acids is 2. The lowest BCUT2D eigenvalue weighted by atomic mass is 9.70. The lowest BCUT2D eigenvalue weighted by molar-refractivity contribution is -0.170. The maximum absolute atomic E-state index is 14.7. The van der Waals surface area contributed by atoms with Crippen molar-refractivity contribution >= 4 is 23.3 Å². The summed E-state index contributed by atoms with van der Waals surface area (Å²) in [6, 6.07) is 7.77. The third kappa shape index (κ3) is 5.40. The van der Waals surface area contributed by atoms with Gasteiger partial charge in [-0.2, -0.15) is 13.2 Å². The molecule has 0 bridgehead atoms. The SMILES string of the molecule is COc1cccc(C2OCC(=O)[N@@+](CC(C)(C)C)([C@@]3(C(=O)O)CCNC[C@@H]3C(C)=O)c3ccc(C(F)(F)F)cc32)c1OC. The summed E-state index contributed by atoms with van der Waals surface area (Å²) < 4.78 is 58.9. The first-order valence-electron chi connectivity index (χ1n) is 14.0. The normalized spacial score (nSPS) is 26.3. The number of amides is 1. The van der Waals surface area contributed by atoms with E-state index in [1.54, 1.807) is 18.2 Å². The number of aliphatic carboxylic acids is 1. The molecule has 1 amide bonds. The van der Waals surface area contributed by atoms with Crippen molar-refractivity contribution in [1.82, 2.24) is 9.80 Å². The zero-order valence-electron chi connectivity index (χ0n) is 25.1. The van der Waals surface area contributed by atoms with Crippen molar-refractivity contribution in [2.45, 2.75) is 51.9 Å². The summed E-state index contributed by atoms with van der Waals surface area (Å²) in [6.45, 7) is 6.14. The molecule has 2 aliphatic rings. The number of nitrogens with one attached hydrogen (secondary N) is 1. The number of carboxylic acids is 1. The van der Waals surface area contributed by atoms with Crippen molar-refractivity contribution in [3.05, 3.63) is 53.1 Å². The summed E-state index contributed by atoms with van der Waals surface area (Å²) in [6.07, 6.45) is -6.15. The van der Waals surface area contributed by atoms with Gasteiger partial charge in [-0.1, -0.05) is 32.9 Å². The summed E-state index contributed by atoms with van der Waals surface area (Å²) in [5.41, 5.74) is -3.47. The van der Waals surface area contributed by atoms with Crippen LogP contribution in [0, 0.1) is 11.3 Å². The topological polar surface area (TPSA) is 111 Å². The van der Waals surface area contributed by atoms with Gasteiger partial charge in [0.1, 0.15) is 17.6 Å². The van der Waals surface area contributed by atoms with Crippen molar-refractivity contribution in [2.24, 2.45) is 11.3 Å². The molecular formula is C31H38F3N2O7+. The molecule has 0 spiro atoms. The molecule has 1 unspecified atom stereocenters. The van der Waals surface area contributed by atoms with Crippen molar-refractivity contribution in [2.75, 3.05) is 40.5 Å². The molecule has 2 heterocycles. The Morgan fingerprint density at radius 2 is 1.81 bits per heavy atom. The van der Waals surface area contributed by atoms with Crippen molar-refractivity contribution in [3.8, 4) is 11.5 Å². The molecule has 2 aliphatic heterocycles. The minimum absolute atomic E-state index is 0.0109. The van der Waals surface area contributed by atoms with E-state index in [0.29, 0.717) is 11.3 Å².